The number of carbonyl (C=O) groups excluding carboxylic acids is 1. The van der Waals surface area contributed by atoms with Crippen molar-refractivity contribution in [1.29, 1.82) is 0 Å². The summed E-state index contributed by atoms with van der Waals surface area (Å²) in [5, 5.41) is 11.0. The van der Waals surface area contributed by atoms with Gasteiger partial charge in [0.1, 0.15) is 5.82 Å². The standard InChI is InChI=1S/C20H21N5O3/c21-17(26)13-9-22-18(15-12-3-1-2-4-14(12)23-16(13)15)24-7-5-20(6-8-24)10-25(11-20)19(27)28/h1-4,9,23H,5-8,10-11H2,(H2,21,26)(H,27,28). The number of aromatic nitrogens is 2. The molecule has 4 N–H and O–H groups in total. The lowest BCUT2D eigenvalue weighted by molar-refractivity contribution is -0.00640. The van der Waals surface area contributed by atoms with E-state index in [1.807, 2.05) is 24.3 Å². The molecular weight excluding hydrogens is 358 g/mol. The average molecular weight is 379 g/mol. The Labute approximate surface area is 160 Å². The summed E-state index contributed by atoms with van der Waals surface area (Å²) >= 11 is 0. The number of carboxylic acid groups (broad SMARTS) is 1. The molecule has 2 amide bonds. The fraction of sp³-hybridized carbons (Fsp3) is 0.350. The third-order valence-corrected chi connectivity index (χ3v) is 6.23. The molecular formula is C20H21N5O3. The van der Waals surface area contributed by atoms with E-state index in [4.69, 9.17) is 10.8 Å². The van der Waals surface area contributed by atoms with E-state index in [0.717, 1.165) is 53.6 Å². The molecule has 1 spiro atoms. The zero-order valence-corrected chi connectivity index (χ0v) is 15.3. The molecule has 144 valence electrons. The lowest BCUT2D eigenvalue weighted by atomic mass is 9.72. The van der Waals surface area contributed by atoms with Crippen LogP contribution in [0.5, 0.6) is 0 Å². The molecule has 0 radical (unpaired) electrons. The number of aromatic amines is 1. The Bertz CT molecular complexity index is 1110. The van der Waals surface area contributed by atoms with E-state index in [9.17, 15) is 9.59 Å². The van der Waals surface area contributed by atoms with E-state index in [1.165, 1.54) is 4.90 Å². The van der Waals surface area contributed by atoms with Crippen molar-refractivity contribution < 1.29 is 14.7 Å². The number of nitrogens with two attached hydrogens (primary N) is 1. The molecule has 2 saturated heterocycles. The number of H-pyrrole nitrogens is 1. The van der Waals surface area contributed by atoms with Gasteiger partial charge in [0.2, 0.25) is 0 Å². The summed E-state index contributed by atoms with van der Waals surface area (Å²) in [7, 11) is 0. The molecule has 1 aromatic carbocycles. The second-order valence-electron chi connectivity index (χ2n) is 7.91. The molecule has 0 unspecified atom stereocenters. The van der Waals surface area contributed by atoms with E-state index in [-0.39, 0.29) is 5.41 Å². The Hall–Kier alpha value is -3.29. The monoisotopic (exact) mass is 379 g/mol. The number of anilines is 1. The number of primary amides is 1. The molecule has 2 fully saturated rings. The smallest absolute Gasteiger partial charge is 0.407 e. The quantitative estimate of drug-likeness (QED) is 0.632. The number of nitrogens with one attached hydrogen (secondary N) is 1. The Morgan fingerprint density at radius 1 is 1.18 bits per heavy atom. The molecule has 0 bridgehead atoms. The van der Waals surface area contributed by atoms with Crippen molar-refractivity contribution in [2.24, 2.45) is 11.1 Å². The maximum atomic E-state index is 11.9. The summed E-state index contributed by atoms with van der Waals surface area (Å²) in [4.78, 5) is 34.6. The van der Waals surface area contributed by atoms with Crippen molar-refractivity contribution in [3.8, 4) is 0 Å². The van der Waals surface area contributed by atoms with Gasteiger partial charge in [0.05, 0.1) is 16.5 Å². The van der Waals surface area contributed by atoms with E-state index >= 15 is 0 Å². The highest BCUT2D eigenvalue weighted by Gasteiger charge is 2.47. The van der Waals surface area contributed by atoms with Crippen molar-refractivity contribution in [2.75, 3.05) is 31.1 Å². The van der Waals surface area contributed by atoms with Crippen LogP contribution in [0.3, 0.4) is 0 Å². The Balaban J connectivity index is 1.51. The normalized spacial score (nSPS) is 18.6. The van der Waals surface area contributed by atoms with E-state index in [0.29, 0.717) is 18.7 Å². The number of piperidine rings is 1. The molecule has 2 aliphatic rings. The van der Waals surface area contributed by atoms with Crippen LogP contribution in [0.25, 0.3) is 21.8 Å². The number of hydrogen-bond acceptors (Lipinski definition) is 4. The van der Waals surface area contributed by atoms with Crippen LogP contribution in [0, 0.1) is 5.41 Å². The zero-order valence-electron chi connectivity index (χ0n) is 15.3. The first kappa shape index (κ1) is 16.9. The summed E-state index contributed by atoms with van der Waals surface area (Å²) < 4.78 is 0. The van der Waals surface area contributed by atoms with Gasteiger partial charge in [0, 0.05) is 48.7 Å². The summed E-state index contributed by atoms with van der Waals surface area (Å²) in [5.41, 5.74) is 7.72. The summed E-state index contributed by atoms with van der Waals surface area (Å²) in [5.74, 6) is 0.346. The van der Waals surface area contributed by atoms with Gasteiger partial charge in [-0.25, -0.2) is 9.78 Å². The Morgan fingerprint density at radius 2 is 1.89 bits per heavy atom. The number of hydrogen-bond donors (Lipinski definition) is 3. The van der Waals surface area contributed by atoms with Crippen LogP contribution in [0.2, 0.25) is 0 Å². The van der Waals surface area contributed by atoms with E-state index in [2.05, 4.69) is 14.9 Å². The van der Waals surface area contributed by atoms with Crippen LogP contribution in [0.1, 0.15) is 23.2 Å². The maximum Gasteiger partial charge on any atom is 0.407 e. The molecule has 0 saturated carbocycles. The van der Waals surface area contributed by atoms with Gasteiger partial charge in [-0.15, -0.1) is 0 Å². The van der Waals surface area contributed by atoms with Crippen LogP contribution < -0.4 is 10.6 Å². The minimum absolute atomic E-state index is 0.0986. The number of para-hydroxylation sites is 1. The highest BCUT2D eigenvalue weighted by Crippen LogP contribution is 2.42. The molecule has 3 aromatic rings. The lowest BCUT2D eigenvalue weighted by Gasteiger charge is -2.53. The van der Waals surface area contributed by atoms with Gasteiger partial charge < -0.3 is 25.6 Å². The summed E-state index contributed by atoms with van der Waals surface area (Å²) in [6.07, 6.45) is 2.58. The fourth-order valence-electron chi connectivity index (χ4n) is 4.67. The lowest BCUT2D eigenvalue weighted by Crippen LogP contribution is -2.61. The first-order valence-corrected chi connectivity index (χ1v) is 9.39. The number of nitrogens with zero attached hydrogens (tertiary/aromatic N) is 3. The van der Waals surface area contributed by atoms with Crippen molar-refractivity contribution in [3.63, 3.8) is 0 Å². The highest BCUT2D eigenvalue weighted by molar-refractivity contribution is 6.18. The van der Waals surface area contributed by atoms with Crippen molar-refractivity contribution in [2.45, 2.75) is 12.8 Å². The molecule has 8 heteroatoms. The molecule has 4 heterocycles. The molecule has 8 nitrogen and oxygen atoms in total. The molecule has 2 aliphatic heterocycles. The molecule has 28 heavy (non-hydrogen) atoms. The maximum absolute atomic E-state index is 11.9. The van der Waals surface area contributed by atoms with E-state index < -0.39 is 12.0 Å². The van der Waals surface area contributed by atoms with Gasteiger partial charge in [-0.2, -0.15) is 0 Å². The predicted octanol–water partition coefficient (Wildman–Crippen LogP) is 2.40. The van der Waals surface area contributed by atoms with Crippen molar-refractivity contribution in [1.82, 2.24) is 14.9 Å². The predicted molar refractivity (Wildman–Crippen MR) is 106 cm³/mol. The number of rotatable bonds is 2. The molecule has 0 atom stereocenters. The number of fused-ring (bicyclic) bond motifs is 3. The first-order valence-electron chi connectivity index (χ1n) is 9.39. The van der Waals surface area contributed by atoms with Gasteiger partial charge in [0.25, 0.3) is 5.91 Å². The van der Waals surface area contributed by atoms with Gasteiger partial charge >= 0.3 is 6.09 Å². The van der Waals surface area contributed by atoms with Gasteiger partial charge in [0.15, 0.2) is 0 Å². The van der Waals surface area contributed by atoms with Crippen LogP contribution in [-0.4, -0.2) is 58.2 Å². The zero-order chi connectivity index (χ0) is 19.5. The summed E-state index contributed by atoms with van der Waals surface area (Å²) in [6, 6.07) is 7.91. The van der Waals surface area contributed by atoms with Crippen molar-refractivity contribution in [3.05, 3.63) is 36.0 Å². The van der Waals surface area contributed by atoms with Gasteiger partial charge in [-0.3, -0.25) is 4.79 Å². The first-order chi connectivity index (χ1) is 13.5. The van der Waals surface area contributed by atoms with Crippen LogP contribution in [0.4, 0.5) is 10.6 Å². The Morgan fingerprint density at radius 3 is 2.57 bits per heavy atom. The average Bonchev–Trinajstić information content (AvgIpc) is 3.04. The van der Waals surface area contributed by atoms with Gasteiger partial charge in [-0.05, 0) is 18.9 Å². The van der Waals surface area contributed by atoms with Crippen LogP contribution >= 0.6 is 0 Å². The summed E-state index contributed by atoms with van der Waals surface area (Å²) in [6.45, 7) is 2.86. The number of pyridine rings is 1. The number of amides is 2. The van der Waals surface area contributed by atoms with Gasteiger partial charge in [-0.1, -0.05) is 18.2 Å². The number of likely N-dealkylation sites (tertiary alicyclic amines) is 1. The second-order valence-corrected chi connectivity index (χ2v) is 7.91. The molecule has 0 aliphatic carbocycles. The minimum atomic E-state index is -0.836. The third kappa shape index (κ3) is 2.41. The second kappa shape index (κ2) is 5.85. The molecule has 2 aromatic heterocycles. The fourth-order valence-corrected chi connectivity index (χ4v) is 4.67. The minimum Gasteiger partial charge on any atom is -0.465 e. The van der Waals surface area contributed by atoms with Crippen LogP contribution in [-0.2, 0) is 0 Å². The molecule has 5 rings (SSSR count). The third-order valence-electron chi connectivity index (χ3n) is 6.23. The number of carbonyl (C=O) groups is 2. The van der Waals surface area contributed by atoms with E-state index in [1.54, 1.807) is 6.20 Å². The van der Waals surface area contributed by atoms with Crippen LogP contribution in [0.15, 0.2) is 30.5 Å². The van der Waals surface area contributed by atoms with Crippen molar-refractivity contribution >= 4 is 39.6 Å². The SMILES string of the molecule is NC(=O)c1cnc(N2CCC3(CC2)CN(C(=O)O)C3)c2c1[nH]c1ccccc12. The largest absolute Gasteiger partial charge is 0.465 e. The topological polar surface area (TPSA) is 116 Å². The highest BCUT2D eigenvalue weighted by atomic mass is 16.4. The number of benzene rings is 1. The Kier molecular flexibility index (Phi) is 3.52.